The van der Waals surface area contributed by atoms with E-state index < -0.39 is 6.72 Å². The first kappa shape index (κ1) is 12.0. The number of fused-ring (bicyclic) bond motifs is 1. The fourth-order valence-corrected chi connectivity index (χ4v) is 0.784. The number of imidazole rings is 1. The molecule has 8 nitrogen and oxygen atoms in total. The van der Waals surface area contributed by atoms with E-state index in [0.717, 1.165) is 0 Å². The average molecular weight is 249 g/mol. The zero-order chi connectivity index (χ0) is 11.5. The first-order valence-electron chi connectivity index (χ1n) is 3.56. The third-order valence-electron chi connectivity index (χ3n) is 1.25. The van der Waals surface area contributed by atoms with Crippen molar-refractivity contribution in [2.45, 2.75) is 0 Å². The molecule has 0 radical (unpaired) electrons. The highest BCUT2D eigenvalue weighted by Crippen LogP contribution is 2.26. The van der Waals surface area contributed by atoms with Crippen molar-refractivity contribution in [3.63, 3.8) is 0 Å². The van der Waals surface area contributed by atoms with Crippen molar-refractivity contribution in [2.24, 2.45) is 0 Å². The van der Waals surface area contributed by atoms with Gasteiger partial charge in [0.15, 0.2) is 11.5 Å². The molecule has 0 saturated carbocycles. The lowest BCUT2D eigenvalue weighted by Gasteiger charge is -1.89. The maximum atomic E-state index is 7.56. The highest BCUT2D eigenvalue weighted by molar-refractivity contribution is 8.06. The Hall–Kier alpha value is -1.12. The molecule has 0 aliphatic carbocycles. The monoisotopic (exact) mass is 249 g/mol. The zero-order valence-corrected chi connectivity index (χ0v) is 8.98. The third-order valence-corrected chi connectivity index (χ3v) is 1.25. The van der Waals surface area contributed by atoms with Crippen molar-refractivity contribution in [3.8, 4) is 0 Å². The van der Waals surface area contributed by atoms with Crippen molar-refractivity contribution < 1.29 is 14.7 Å². The van der Waals surface area contributed by atoms with Crippen LogP contribution in [0.15, 0.2) is 12.7 Å². The summed E-state index contributed by atoms with van der Waals surface area (Å²) in [7, 11) is 0. The van der Waals surface area contributed by atoms with Gasteiger partial charge in [0, 0.05) is 0 Å². The van der Waals surface area contributed by atoms with Crippen LogP contribution in [0.3, 0.4) is 0 Å². The maximum absolute atomic E-state index is 7.56. The predicted molar refractivity (Wildman–Crippen MR) is 57.0 cm³/mol. The largest absolute Gasteiger partial charge is 0.382 e. The third kappa shape index (κ3) is 4.28. The molecule has 0 aliphatic heterocycles. The van der Waals surface area contributed by atoms with Crippen LogP contribution in [0.1, 0.15) is 0 Å². The van der Waals surface area contributed by atoms with Crippen LogP contribution in [-0.2, 0) is 11.8 Å². The van der Waals surface area contributed by atoms with E-state index in [4.69, 9.17) is 20.4 Å². The van der Waals surface area contributed by atoms with E-state index in [0.29, 0.717) is 17.0 Å². The fourth-order valence-electron chi connectivity index (χ4n) is 0.784. The number of hydrogen-bond donors (Lipinski definition) is 5. The van der Waals surface area contributed by atoms with Crippen LogP contribution in [0.5, 0.6) is 0 Å². The van der Waals surface area contributed by atoms with Crippen molar-refractivity contribution in [2.75, 3.05) is 5.73 Å². The Morgan fingerprint density at radius 2 is 1.87 bits per heavy atom. The minimum absolute atomic E-state index is 0.433. The average Bonchev–Trinajstić information content (AvgIpc) is 2.49. The molecular formula is C5H8N5O3PS. The number of rotatable bonds is 0. The molecule has 2 aromatic rings. The zero-order valence-electron chi connectivity index (χ0n) is 7.27. The van der Waals surface area contributed by atoms with Gasteiger partial charge in [-0.15, -0.1) is 0 Å². The minimum atomic E-state index is -3.81. The van der Waals surface area contributed by atoms with Gasteiger partial charge in [-0.2, -0.15) is 0 Å². The molecule has 0 atom stereocenters. The Morgan fingerprint density at radius 3 is 2.40 bits per heavy atom. The molecule has 2 heterocycles. The van der Waals surface area contributed by atoms with E-state index in [1.165, 1.54) is 12.7 Å². The van der Waals surface area contributed by atoms with Crippen LogP contribution in [0, 0.1) is 0 Å². The fraction of sp³-hybridized carbons (Fsp3) is 0. The SMILES string of the molecule is Nc1ncnc2nc[nH]c12.OP(O)(O)=S. The number of nitrogens with zero attached hydrogens (tertiary/aromatic N) is 3. The summed E-state index contributed by atoms with van der Waals surface area (Å²) in [5.41, 5.74) is 6.78. The first-order chi connectivity index (χ1) is 6.88. The standard InChI is InChI=1S/C5H5N5.H3O3PS/c6-4-3-5(9-1-7-3)10-2-8-4;1-4(2,3)5/h1-2H,(H3,6,7,8,9,10);(H3,1,2,3,5). The quantitative estimate of drug-likeness (QED) is 0.379. The number of nitrogens with two attached hydrogens (primary N) is 1. The molecule has 15 heavy (non-hydrogen) atoms. The van der Waals surface area contributed by atoms with Crippen molar-refractivity contribution >= 4 is 35.5 Å². The van der Waals surface area contributed by atoms with Gasteiger partial charge in [-0.25, -0.2) is 15.0 Å². The second-order valence-electron chi connectivity index (χ2n) is 2.37. The molecule has 0 fully saturated rings. The van der Waals surface area contributed by atoms with Gasteiger partial charge >= 0.3 is 6.72 Å². The number of aromatic amines is 1. The smallest absolute Gasteiger partial charge is 0.319 e. The lowest BCUT2D eigenvalue weighted by molar-refractivity contribution is 0.363. The van der Waals surface area contributed by atoms with E-state index >= 15 is 0 Å². The molecule has 0 saturated heterocycles. The van der Waals surface area contributed by atoms with Gasteiger partial charge in [-0.3, -0.25) is 0 Å². The molecule has 0 amide bonds. The summed E-state index contributed by atoms with van der Waals surface area (Å²) >= 11 is 3.60. The molecule has 0 bridgehead atoms. The van der Waals surface area contributed by atoms with Crippen LogP contribution in [0.4, 0.5) is 5.82 Å². The van der Waals surface area contributed by atoms with E-state index in [-0.39, 0.29) is 0 Å². The normalized spacial score (nSPS) is 10.9. The summed E-state index contributed by atoms with van der Waals surface area (Å²) in [6.45, 7) is -3.81. The summed E-state index contributed by atoms with van der Waals surface area (Å²) in [4.78, 5) is 37.0. The maximum Gasteiger partial charge on any atom is 0.319 e. The Kier molecular flexibility index (Phi) is 3.66. The lowest BCUT2D eigenvalue weighted by atomic mass is 10.5. The molecule has 2 aromatic heterocycles. The van der Waals surface area contributed by atoms with E-state index in [2.05, 4.69) is 31.7 Å². The highest BCUT2D eigenvalue weighted by Gasteiger charge is 1.99. The lowest BCUT2D eigenvalue weighted by Crippen LogP contribution is -1.91. The number of H-pyrrole nitrogens is 1. The molecule has 0 aliphatic rings. The Morgan fingerprint density at radius 1 is 1.27 bits per heavy atom. The van der Waals surface area contributed by atoms with Crippen molar-refractivity contribution in [1.82, 2.24) is 19.9 Å². The van der Waals surface area contributed by atoms with Gasteiger partial charge in [-0.05, 0) is 11.8 Å². The molecule has 6 N–H and O–H groups in total. The van der Waals surface area contributed by atoms with Gasteiger partial charge in [0.05, 0.1) is 6.33 Å². The topological polar surface area (TPSA) is 141 Å². The van der Waals surface area contributed by atoms with E-state index in [1.54, 1.807) is 0 Å². The molecule has 0 spiro atoms. The Labute approximate surface area is 89.1 Å². The summed E-state index contributed by atoms with van der Waals surface area (Å²) < 4.78 is 0. The highest BCUT2D eigenvalue weighted by atomic mass is 32.5. The van der Waals surface area contributed by atoms with Crippen LogP contribution >= 0.6 is 6.72 Å². The summed E-state index contributed by atoms with van der Waals surface area (Å²) in [6.07, 6.45) is 2.92. The van der Waals surface area contributed by atoms with E-state index in [9.17, 15) is 0 Å². The van der Waals surface area contributed by atoms with Crippen molar-refractivity contribution in [3.05, 3.63) is 12.7 Å². The summed E-state index contributed by atoms with van der Waals surface area (Å²) in [5.74, 6) is 0.433. The van der Waals surface area contributed by atoms with Gasteiger partial charge in [-0.1, -0.05) is 0 Å². The summed E-state index contributed by atoms with van der Waals surface area (Å²) in [5, 5.41) is 0. The van der Waals surface area contributed by atoms with Gasteiger partial charge in [0.1, 0.15) is 11.8 Å². The molecule has 0 unspecified atom stereocenters. The molecular weight excluding hydrogens is 241 g/mol. The predicted octanol–water partition coefficient (Wildman–Crippen LogP) is -0.877. The molecule has 0 aromatic carbocycles. The summed E-state index contributed by atoms with van der Waals surface area (Å²) in [6, 6.07) is 0. The Bertz CT molecular complexity index is 488. The Balaban J connectivity index is 0.000000195. The first-order valence-corrected chi connectivity index (χ1v) is 6.22. The van der Waals surface area contributed by atoms with Gasteiger partial charge in [0.2, 0.25) is 0 Å². The number of aromatic nitrogens is 4. The van der Waals surface area contributed by atoms with Crippen LogP contribution in [0.25, 0.3) is 11.2 Å². The van der Waals surface area contributed by atoms with Gasteiger partial charge < -0.3 is 25.4 Å². The van der Waals surface area contributed by atoms with Crippen LogP contribution in [0.2, 0.25) is 0 Å². The molecule has 2 rings (SSSR count). The number of hydrogen-bond acceptors (Lipinski definition) is 5. The molecule has 10 heteroatoms. The minimum Gasteiger partial charge on any atom is -0.382 e. The van der Waals surface area contributed by atoms with Crippen molar-refractivity contribution in [1.29, 1.82) is 0 Å². The second-order valence-corrected chi connectivity index (χ2v) is 4.87. The second kappa shape index (κ2) is 4.60. The van der Waals surface area contributed by atoms with Gasteiger partial charge in [0.25, 0.3) is 0 Å². The van der Waals surface area contributed by atoms with E-state index in [1.807, 2.05) is 0 Å². The van der Waals surface area contributed by atoms with Crippen LogP contribution < -0.4 is 5.73 Å². The van der Waals surface area contributed by atoms with Crippen LogP contribution in [-0.4, -0.2) is 34.6 Å². The number of anilines is 1. The molecule has 82 valence electrons. The number of nitrogens with one attached hydrogen (secondary N) is 1. The number of nitrogen functional groups attached to an aromatic ring is 1.